The first-order valence-electron chi connectivity index (χ1n) is 16.7. The lowest BCUT2D eigenvalue weighted by molar-refractivity contribution is -0.780. The van der Waals surface area contributed by atoms with Crippen LogP contribution in [0.2, 0.25) is 0 Å². The van der Waals surface area contributed by atoms with Gasteiger partial charge in [0.2, 0.25) is 5.52 Å². The third kappa shape index (κ3) is 7.19. The summed E-state index contributed by atoms with van der Waals surface area (Å²) in [6.07, 6.45) is 14.0. The Morgan fingerprint density at radius 2 is 1.53 bits per heavy atom. The summed E-state index contributed by atoms with van der Waals surface area (Å²) in [7, 11) is 0. The zero-order chi connectivity index (χ0) is 31.0. The summed E-state index contributed by atoms with van der Waals surface area (Å²) in [5.74, 6) is 0.103. The molecular weight excluding hydrogens is 591 g/mol. The third-order valence-electron chi connectivity index (χ3n) is 8.69. The van der Waals surface area contributed by atoms with Gasteiger partial charge in [0.1, 0.15) is 4.70 Å². The van der Waals surface area contributed by atoms with Crippen molar-refractivity contribution < 1.29 is 14.6 Å². The van der Waals surface area contributed by atoms with E-state index in [1.165, 1.54) is 75.7 Å². The second kappa shape index (κ2) is 15.2. The molecular formula is C39H44N3OS2+. The minimum absolute atomic E-state index is 0.103. The van der Waals surface area contributed by atoms with Crippen LogP contribution in [-0.4, -0.2) is 12.3 Å². The number of para-hydroxylation sites is 2. The van der Waals surface area contributed by atoms with Crippen LogP contribution >= 0.6 is 23.1 Å². The lowest BCUT2D eigenvalue weighted by Crippen LogP contribution is -3.03. The fourth-order valence-electron chi connectivity index (χ4n) is 6.20. The SMILES string of the molecule is CCCCCC[n+]1c(C=C2C(=NCc3ccccc3)C(C=C3Sc4ccccc4[NH+]3CCCCCC)=C2[O-])sc2ccccc21. The fourth-order valence-corrected chi connectivity index (χ4v) is 8.53. The van der Waals surface area contributed by atoms with E-state index in [2.05, 4.69) is 103 Å². The number of nitrogens with zero attached hydrogens (tertiary/aromatic N) is 2. The first-order valence-corrected chi connectivity index (χ1v) is 18.3. The van der Waals surface area contributed by atoms with Crippen LogP contribution in [0.15, 0.2) is 117 Å². The van der Waals surface area contributed by atoms with Crippen molar-refractivity contribution in [2.45, 2.75) is 83.2 Å². The second-order valence-corrected chi connectivity index (χ2v) is 14.1. The lowest BCUT2D eigenvalue weighted by Gasteiger charge is -2.32. The molecule has 1 atom stereocenters. The molecule has 0 spiro atoms. The van der Waals surface area contributed by atoms with Crippen molar-refractivity contribution in [3.8, 4) is 0 Å². The number of quaternary nitrogens is 1. The summed E-state index contributed by atoms with van der Waals surface area (Å²) >= 11 is 3.57. The average molecular weight is 635 g/mol. The molecule has 1 N–H and O–H groups in total. The van der Waals surface area contributed by atoms with E-state index in [0.717, 1.165) is 46.9 Å². The predicted molar refractivity (Wildman–Crippen MR) is 189 cm³/mol. The topological polar surface area (TPSA) is 43.7 Å². The number of hydrogen-bond acceptors (Lipinski definition) is 4. The number of rotatable bonds is 14. The van der Waals surface area contributed by atoms with Crippen LogP contribution in [0.5, 0.6) is 0 Å². The maximum atomic E-state index is 14.0. The van der Waals surface area contributed by atoms with Crippen molar-refractivity contribution in [1.82, 2.24) is 0 Å². The molecule has 3 aromatic carbocycles. The minimum Gasteiger partial charge on any atom is -0.872 e. The van der Waals surface area contributed by atoms with E-state index in [1.807, 2.05) is 6.07 Å². The summed E-state index contributed by atoms with van der Waals surface area (Å²) in [4.78, 5) is 7.77. The maximum Gasteiger partial charge on any atom is 0.263 e. The molecule has 1 aliphatic carbocycles. The Hall–Kier alpha value is -3.45. The highest BCUT2D eigenvalue weighted by molar-refractivity contribution is 8.03. The smallest absolute Gasteiger partial charge is 0.263 e. The molecule has 0 bridgehead atoms. The minimum atomic E-state index is 0.103. The van der Waals surface area contributed by atoms with Crippen LogP contribution in [0.4, 0.5) is 5.69 Å². The van der Waals surface area contributed by atoms with Crippen molar-refractivity contribution in [3.63, 3.8) is 0 Å². The summed E-state index contributed by atoms with van der Waals surface area (Å²) < 4.78 is 3.66. The summed E-state index contributed by atoms with van der Waals surface area (Å²) in [5, 5.41) is 16.4. The number of benzene rings is 3. The first-order chi connectivity index (χ1) is 22.2. The number of fused-ring (bicyclic) bond motifs is 2. The molecule has 0 fully saturated rings. The molecule has 0 radical (unpaired) electrons. The van der Waals surface area contributed by atoms with Crippen LogP contribution in [0.3, 0.4) is 0 Å². The van der Waals surface area contributed by atoms with Crippen LogP contribution in [-0.2, 0) is 13.1 Å². The Morgan fingerprint density at radius 3 is 2.36 bits per heavy atom. The number of thioether (sulfide) groups is 1. The summed E-state index contributed by atoms with van der Waals surface area (Å²) in [6.45, 7) is 7.06. The Morgan fingerprint density at radius 1 is 0.800 bits per heavy atom. The van der Waals surface area contributed by atoms with E-state index in [0.29, 0.717) is 6.54 Å². The number of unbranched alkanes of at least 4 members (excludes halogenated alkanes) is 6. The van der Waals surface area contributed by atoms with Gasteiger partial charge in [-0.25, -0.2) is 0 Å². The van der Waals surface area contributed by atoms with Gasteiger partial charge in [-0.15, -0.1) is 0 Å². The van der Waals surface area contributed by atoms with Crippen molar-refractivity contribution in [2.24, 2.45) is 4.99 Å². The molecule has 2 heterocycles. The van der Waals surface area contributed by atoms with Crippen molar-refractivity contribution >= 4 is 50.8 Å². The quantitative estimate of drug-likeness (QED) is 0.112. The molecule has 6 rings (SSSR count). The van der Waals surface area contributed by atoms with Crippen molar-refractivity contribution in [2.75, 3.05) is 6.54 Å². The van der Waals surface area contributed by atoms with Crippen LogP contribution in [0.25, 0.3) is 16.3 Å². The Balaban J connectivity index is 1.38. The highest BCUT2D eigenvalue weighted by Gasteiger charge is 2.34. The molecule has 2 aliphatic rings. The zero-order valence-electron chi connectivity index (χ0n) is 26.6. The molecule has 0 saturated heterocycles. The summed E-state index contributed by atoms with van der Waals surface area (Å²) in [5.41, 5.74) is 6.04. The predicted octanol–water partition coefficient (Wildman–Crippen LogP) is 8.17. The largest absolute Gasteiger partial charge is 0.872 e. The number of aliphatic imine (C=N–C) groups is 1. The van der Waals surface area contributed by atoms with Gasteiger partial charge >= 0.3 is 0 Å². The van der Waals surface area contributed by atoms with Crippen molar-refractivity contribution in [1.29, 1.82) is 0 Å². The number of allylic oxidation sites excluding steroid dienone is 3. The van der Waals surface area contributed by atoms with Gasteiger partial charge < -0.3 is 5.11 Å². The maximum absolute atomic E-state index is 14.0. The monoisotopic (exact) mass is 634 g/mol. The molecule has 4 aromatic rings. The Kier molecular flexibility index (Phi) is 10.7. The standard InChI is InChI=1S/C39H43N3OS2/c1-3-5-7-16-24-41-32-20-12-14-22-34(32)44-36(41)26-30-38(40-28-29-18-10-9-11-19-29)31(39(30)43)27-37-42(25-17-8-6-4-2)33-21-13-15-23-35(33)45-37/h9-15,18-23,26-27H,3-8,16-17,24-25,28H2,1-2H3/p+1. The Labute approximate surface area is 276 Å². The normalized spacial score (nSPS) is 18.8. The Bertz CT molecular complexity index is 1750. The van der Waals surface area contributed by atoms with Gasteiger partial charge in [0.05, 0.1) is 23.7 Å². The van der Waals surface area contributed by atoms with Gasteiger partial charge in [0, 0.05) is 36.3 Å². The number of thiazole rings is 1. The van der Waals surface area contributed by atoms with Crippen LogP contribution in [0, 0.1) is 0 Å². The highest BCUT2D eigenvalue weighted by atomic mass is 32.2. The van der Waals surface area contributed by atoms with Crippen LogP contribution in [0.1, 0.15) is 75.8 Å². The van der Waals surface area contributed by atoms with E-state index in [4.69, 9.17) is 4.99 Å². The van der Waals surface area contributed by atoms with Gasteiger partial charge in [-0.1, -0.05) is 111 Å². The van der Waals surface area contributed by atoms with Crippen molar-refractivity contribution in [3.05, 3.63) is 117 Å². The molecule has 45 heavy (non-hydrogen) atoms. The van der Waals surface area contributed by atoms with E-state index in [9.17, 15) is 5.11 Å². The highest BCUT2D eigenvalue weighted by Crippen LogP contribution is 2.39. The molecule has 1 unspecified atom stereocenters. The van der Waals surface area contributed by atoms with E-state index >= 15 is 0 Å². The molecule has 1 aromatic heterocycles. The lowest BCUT2D eigenvalue weighted by atomic mass is 9.86. The summed E-state index contributed by atoms with van der Waals surface area (Å²) in [6, 6.07) is 27.6. The van der Waals surface area contributed by atoms with E-state index in [1.54, 1.807) is 23.1 Å². The number of aryl methyl sites for hydroxylation is 1. The molecule has 0 amide bonds. The van der Waals surface area contributed by atoms with Gasteiger partial charge in [-0.05, 0) is 54.3 Å². The zero-order valence-corrected chi connectivity index (χ0v) is 28.2. The number of aromatic nitrogens is 1. The van der Waals surface area contributed by atoms with Gasteiger partial charge in [0.25, 0.3) is 5.01 Å². The first kappa shape index (κ1) is 31.5. The van der Waals surface area contributed by atoms with Gasteiger partial charge in [0.15, 0.2) is 17.3 Å². The molecule has 4 nitrogen and oxygen atoms in total. The number of nitrogens with one attached hydrogen (secondary N) is 1. The third-order valence-corrected chi connectivity index (χ3v) is 11.0. The second-order valence-electron chi connectivity index (χ2n) is 12.0. The fraction of sp³-hybridized carbons (Fsp3) is 0.333. The molecule has 6 heteroatoms. The average Bonchev–Trinajstić information content (AvgIpc) is 3.61. The van der Waals surface area contributed by atoms with Gasteiger partial charge in [-0.2, -0.15) is 4.57 Å². The molecule has 1 aliphatic heterocycles. The van der Waals surface area contributed by atoms with Gasteiger partial charge in [-0.3, -0.25) is 9.89 Å². The molecule has 0 saturated carbocycles. The number of hydrogen-bond donors (Lipinski definition) is 1. The van der Waals surface area contributed by atoms with E-state index in [-0.39, 0.29) is 5.76 Å². The van der Waals surface area contributed by atoms with Crippen LogP contribution < -0.4 is 14.6 Å². The molecule has 232 valence electrons. The van der Waals surface area contributed by atoms with E-state index < -0.39 is 0 Å².